The quantitative estimate of drug-likeness (QED) is 0.639. The molecule has 1 aromatic rings. The Morgan fingerprint density at radius 3 is 2.62 bits per heavy atom. The van der Waals surface area contributed by atoms with Gasteiger partial charge in [0.15, 0.2) is 0 Å². The number of fused-ring (bicyclic) bond motifs is 1. The second-order valence-corrected chi connectivity index (χ2v) is 6.61. The number of anilines is 1. The molecule has 2 aliphatic rings. The average molecular weight is 358 g/mol. The smallest absolute Gasteiger partial charge is 0.262 e. The summed E-state index contributed by atoms with van der Waals surface area (Å²) < 4.78 is 0. The molecule has 0 aromatic heterocycles. The van der Waals surface area contributed by atoms with Crippen LogP contribution in [0.5, 0.6) is 0 Å². The van der Waals surface area contributed by atoms with Gasteiger partial charge in [0.1, 0.15) is 6.04 Å². The van der Waals surface area contributed by atoms with Crippen molar-refractivity contribution >= 4 is 29.3 Å². The zero-order valence-corrected chi connectivity index (χ0v) is 14.8. The number of piperidine rings is 1. The number of nitrogens with one attached hydrogen (secondary N) is 3. The lowest BCUT2D eigenvalue weighted by Crippen LogP contribution is -2.54. The molecule has 1 saturated heterocycles. The van der Waals surface area contributed by atoms with Gasteiger partial charge in [-0.1, -0.05) is 0 Å². The van der Waals surface area contributed by atoms with Gasteiger partial charge < -0.3 is 10.6 Å². The molecule has 4 amide bonds. The van der Waals surface area contributed by atoms with Crippen molar-refractivity contribution in [1.82, 2.24) is 15.5 Å². The molecule has 0 bridgehead atoms. The lowest BCUT2D eigenvalue weighted by molar-refractivity contribution is -0.136. The van der Waals surface area contributed by atoms with E-state index in [-0.39, 0.29) is 29.9 Å². The summed E-state index contributed by atoms with van der Waals surface area (Å²) >= 11 is 0. The molecule has 2 atom stereocenters. The first kappa shape index (κ1) is 18.1. The van der Waals surface area contributed by atoms with E-state index < -0.39 is 23.8 Å². The first-order chi connectivity index (χ1) is 12.4. The fraction of sp³-hybridized carbons (Fsp3) is 0.444. The van der Waals surface area contributed by atoms with E-state index in [4.69, 9.17) is 0 Å². The molecule has 1 fully saturated rings. The van der Waals surface area contributed by atoms with Gasteiger partial charge in [-0.05, 0) is 45.0 Å². The SMILES string of the molecule is CNC(C)CCNc1ccc2c(c1)C(=O)N(C1CCC(=O)NC1=O)C2=O. The van der Waals surface area contributed by atoms with Gasteiger partial charge in [-0.3, -0.25) is 29.4 Å². The zero-order chi connectivity index (χ0) is 18.8. The lowest BCUT2D eigenvalue weighted by Gasteiger charge is -2.27. The number of amides is 4. The van der Waals surface area contributed by atoms with E-state index in [1.165, 1.54) is 0 Å². The standard InChI is InChI=1S/C18H22N4O4/c1-10(19-2)7-8-20-11-3-4-12-13(9-11)18(26)22(17(12)25)14-5-6-15(23)21-16(14)24/h3-4,9-10,14,19-20H,5-8H2,1-2H3,(H,21,23,24). The molecule has 3 rings (SSSR count). The predicted molar refractivity (Wildman–Crippen MR) is 94.7 cm³/mol. The maximum Gasteiger partial charge on any atom is 0.262 e. The molecule has 26 heavy (non-hydrogen) atoms. The van der Waals surface area contributed by atoms with Crippen LogP contribution in [-0.4, -0.2) is 54.2 Å². The first-order valence-corrected chi connectivity index (χ1v) is 8.69. The largest absolute Gasteiger partial charge is 0.385 e. The minimum Gasteiger partial charge on any atom is -0.385 e. The van der Waals surface area contributed by atoms with Crippen molar-refractivity contribution in [1.29, 1.82) is 0 Å². The van der Waals surface area contributed by atoms with Crippen molar-refractivity contribution in [2.24, 2.45) is 0 Å². The van der Waals surface area contributed by atoms with Crippen LogP contribution in [0.3, 0.4) is 0 Å². The van der Waals surface area contributed by atoms with E-state index in [0.717, 1.165) is 23.6 Å². The van der Waals surface area contributed by atoms with E-state index in [1.807, 2.05) is 7.05 Å². The normalized spacial score (nSPS) is 20.8. The third-order valence-corrected chi connectivity index (χ3v) is 4.84. The second kappa shape index (κ2) is 7.25. The summed E-state index contributed by atoms with van der Waals surface area (Å²) in [7, 11) is 1.90. The van der Waals surface area contributed by atoms with E-state index >= 15 is 0 Å². The maximum atomic E-state index is 12.7. The Balaban J connectivity index is 1.75. The lowest BCUT2D eigenvalue weighted by atomic mass is 10.0. The highest BCUT2D eigenvalue weighted by Gasteiger charge is 2.44. The average Bonchev–Trinajstić information content (AvgIpc) is 2.86. The van der Waals surface area contributed by atoms with Crippen LogP contribution >= 0.6 is 0 Å². The first-order valence-electron chi connectivity index (χ1n) is 8.69. The Hall–Kier alpha value is -2.74. The van der Waals surface area contributed by atoms with Crippen molar-refractivity contribution in [3.63, 3.8) is 0 Å². The van der Waals surface area contributed by atoms with Crippen LogP contribution in [0.15, 0.2) is 18.2 Å². The van der Waals surface area contributed by atoms with Crippen LogP contribution in [0.2, 0.25) is 0 Å². The summed E-state index contributed by atoms with van der Waals surface area (Å²) in [6, 6.07) is 4.43. The maximum absolute atomic E-state index is 12.7. The van der Waals surface area contributed by atoms with Gasteiger partial charge >= 0.3 is 0 Å². The molecule has 2 heterocycles. The van der Waals surface area contributed by atoms with Crippen molar-refractivity contribution in [2.75, 3.05) is 18.9 Å². The number of hydrogen-bond acceptors (Lipinski definition) is 6. The highest BCUT2D eigenvalue weighted by molar-refractivity contribution is 6.23. The highest BCUT2D eigenvalue weighted by atomic mass is 16.2. The molecule has 1 aromatic carbocycles. The van der Waals surface area contributed by atoms with Crippen LogP contribution in [-0.2, 0) is 9.59 Å². The minimum absolute atomic E-state index is 0.111. The summed E-state index contributed by atoms with van der Waals surface area (Å²) in [5, 5.41) is 8.57. The fourth-order valence-electron chi connectivity index (χ4n) is 3.16. The molecule has 0 radical (unpaired) electrons. The van der Waals surface area contributed by atoms with E-state index in [9.17, 15) is 19.2 Å². The molecular weight excluding hydrogens is 336 g/mol. The molecule has 8 nitrogen and oxygen atoms in total. The van der Waals surface area contributed by atoms with Crippen LogP contribution in [0.1, 0.15) is 46.9 Å². The Morgan fingerprint density at radius 2 is 1.92 bits per heavy atom. The number of hydrogen-bond donors (Lipinski definition) is 3. The van der Waals surface area contributed by atoms with Gasteiger partial charge in [-0.2, -0.15) is 0 Å². The van der Waals surface area contributed by atoms with Gasteiger partial charge in [0.05, 0.1) is 11.1 Å². The molecule has 0 saturated carbocycles. The van der Waals surface area contributed by atoms with Crippen LogP contribution in [0.4, 0.5) is 5.69 Å². The molecule has 8 heteroatoms. The monoisotopic (exact) mass is 358 g/mol. The summed E-state index contributed by atoms with van der Waals surface area (Å²) in [6.45, 7) is 2.80. The molecule has 2 unspecified atom stereocenters. The van der Waals surface area contributed by atoms with Gasteiger partial charge in [0, 0.05) is 24.7 Å². The van der Waals surface area contributed by atoms with E-state index in [0.29, 0.717) is 6.04 Å². The minimum atomic E-state index is -0.937. The zero-order valence-electron chi connectivity index (χ0n) is 14.8. The van der Waals surface area contributed by atoms with Crippen LogP contribution in [0.25, 0.3) is 0 Å². The van der Waals surface area contributed by atoms with Crippen molar-refractivity contribution in [3.05, 3.63) is 29.3 Å². The van der Waals surface area contributed by atoms with Gasteiger partial charge in [0.25, 0.3) is 11.8 Å². The summed E-state index contributed by atoms with van der Waals surface area (Å²) in [5.74, 6) is -1.97. The van der Waals surface area contributed by atoms with E-state index in [1.54, 1.807) is 18.2 Å². The second-order valence-electron chi connectivity index (χ2n) is 6.61. The summed E-state index contributed by atoms with van der Waals surface area (Å²) in [6.07, 6.45) is 1.17. The number of imide groups is 2. The number of carbonyl (C=O) groups is 4. The Morgan fingerprint density at radius 1 is 1.19 bits per heavy atom. The number of benzene rings is 1. The number of nitrogens with zero attached hydrogens (tertiary/aromatic N) is 1. The van der Waals surface area contributed by atoms with Crippen molar-refractivity contribution in [3.8, 4) is 0 Å². The van der Waals surface area contributed by atoms with Gasteiger partial charge in [-0.15, -0.1) is 0 Å². The Kier molecular flexibility index (Phi) is 5.03. The van der Waals surface area contributed by atoms with Crippen LogP contribution in [0, 0.1) is 0 Å². The summed E-state index contributed by atoms with van der Waals surface area (Å²) in [4.78, 5) is 49.6. The van der Waals surface area contributed by atoms with Crippen molar-refractivity contribution in [2.45, 2.75) is 38.3 Å². The van der Waals surface area contributed by atoms with Crippen molar-refractivity contribution < 1.29 is 19.2 Å². The third-order valence-electron chi connectivity index (χ3n) is 4.84. The fourth-order valence-corrected chi connectivity index (χ4v) is 3.16. The molecule has 138 valence electrons. The molecule has 0 spiro atoms. The number of carbonyl (C=O) groups excluding carboxylic acids is 4. The topological polar surface area (TPSA) is 108 Å². The molecular formula is C18H22N4O4. The Labute approximate surface area is 151 Å². The Bertz CT molecular complexity index is 776. The molecule has 3 N–H and O–H groups in total. The molecule has 2 aliphatic heterocycles. The predicted octanol–water partition coefficient (Wildman–Crippen LogP) is 0.498. The summed E-state index contributed by atoms with van der Waals surface area (Å²) in [5.41, 5.74) is 1.32. The number of rotatable bonds is 6. The van der Waals surface area contributed by atoms with Crippen LogP contribution < -0.4 is 16.0 Å². The third kappa shape index (κ3) is 3.32. The highest BCUT2D eigenvalue weighted by Crippen LogP contribution is 2.29. The van der Waals surface area contributed by atoms with Gasteiger partial charge in [-0.25, -0.2) is 0 Å². The van der Waals surface area contributed by atoms with E-state index in [2.05, 4.69) is 22.9 Å². The molecule has 0 aliphatic carbocycles. The van der Waals surface area contributed by atoms with Gasteiger partial charge in [0.2, 0.25) is 11.8 Å².